The molecule has 0 radical (unpaired) electrons. The third-order valence-electron chi connectivity index (χ3n) is 8.90. The van der Waals surface area contributed by atoms with Crippen molar-refractivity contribution in [2.45, 2.75) is 47.0 Å². The minimum Gasteiger partial charge on any atom is -0.333 e. The molecule has 4 nitrogen and oxygen atoms in total. The van der Waals surface area contributed by atoms with Crippen molar-refractivity contribution in [2.75, 3.05) is 13.6 Å². The molecule has 5 aromatic carbocycles. The van der Waals surface area contributed by atoms with Crippen molar-refractivity contribution in [3.05, 3.63) is 173 Å². The third kappa shape index (κ3) is 12.5. The molecule has 282 valence electrons. The summed E-state index contributed by atoms with van der Waals surface area (Å²) in [5, 5.41) is 15.3. The first-order chi connectivity index (χ1) is 27.0. The van der Waals surface area contributed by atoms with E-state index in [-0.39, 0.29) is 0 Å². The van der Waals surface area contributed by atoms with Crippen molar-refractivity contribution in [1.29, 1.82) is 10.7 Å². The summed E-state index contributed by atoms with van der Waals surface area (Å²) in [6.07, 6.45) is 14.4. The first-order valence-electron chi connectivity index (χ1n) is 19.0. The average Bonchev–Trinajstić information content (AvgIpc) is 3.65. The molecule has 8 rings (SSSR count). The topological polar surface area (TPSA) is 99.7 Å². The third-order valence-corrected chi connectivity index (χ3v) is 10.1. The average molecular weight is 745 g/mol. The molecule has 2 aliphatic carbocycles. The number of allylic oxidation sites excluding steroid dienone is 5. The monoisotopic (exact) mass is 744 g/mol. The molecular weight excluding hydrogens is 689 g/mol. The van der Waals surface area contributed by atoms with E-state index in [0.717, 1.165) is 29.9 Å². The molecule has 0 saturated carbocycles. The van der Waals surface area contributed by atoms with Crippen molar-refractivity contribution in [3.8, 4) is 39.4 Å². The van der Waals surface area contributed by atoms with Crippen LogP contribution in [-0.2, 0) is 6.42 Å². The molecule has 0 fully saturated rings. The van der Waals surface area contributed by atoms with Gasteiger partial charge in [-0.25, -0.2) is 0 Å². The summed E-state index contributed by atoms with van der Waals surface area (Å²) in [5.41, 5.74) is 22.6. The second-order valence-electron chi connectivity index (χ2n) is 12.6. The van der Waals surface area contributed by atoms with E-state index in [1.54, 1.807) is 6.07 Å². The van der Waals surface area contributed by atoms with E-state index in [4.69, 9.17) is 16.4 Å². The van der Waals surface area contributed by atoms with Crippen LogP contribution in [0.5, 0.6) is 0 Å². The summed E-state index contributed by atoms with van der Waals surface area (Å²) >= 11 is 1.93. The Hall–Kier alpha value is -5.64. The van der Waals surface area contributed by atoms with Crippen LogP contribution in [-0.4, -0.2) is 20.3 Å². The first kappa shape index (κ1) is 43.8. The normalized spacial score (nSPS) is 13.1. The number of hydrogen-bond donors (Lipinski definition) is 3. The van der Waals surface area contributed by atoms with E-state index in [0.29, 0.717) is 6.54 Å². The molecule has 0 aliphatic heterocycles. The van der Waals surface area contributed by atoms with Crippen LogP contribution < -0.4 is 11.5 Å². The van der Waals surface area contributed by atoms with Crippen LogP contribution in [0.15, 0.2) is 152 Å². The predicted molar refractivity (Wildman–Crippen MR) is 243 cm³/mol. The number of hydrogen-bond acceptors (Lipinski definition) is 5. The van der Waals surface area contributed by atoms with Crippen molar-refractivity contribution in [1.82, 2.24) is 0 Å². The molecule has 0 spiro atoms. The van der Waals surface area contributed by atoms with Gasteiger partial charge >= 0.3 is 0 Å². The van der Waals surface area contributed by atoms with Gasteiger partial charge in [0.25, 0.3) is 0 Å². The molecule has 55 heavy (non-hydrogen) atoms. The van der Waals surface area contributed by atoms with Gasteiger partial charge in [0.1, 0.15) is 0 Å². The summed E-state index contributed by atoms with van der Waals surface area (Å²) in [7, 11) is 1.50. The predicted octanol–water partition coefficient (Wildman–Crippen LogP) is 13.1. The zero-order chi connectivity index (χ0) is 40.0. The lowest BCUT2D eigenvalue weighted by atomic mass is 9.92. The number of rotatable bonds is 4. The maximum Gasteiger partial charge on any atom is 0.0991 e. The molecule has 1 unspecified atom stereocenters. The van der Waals surface area contributed by atoms with Crippen LogP contribution in [0, 0.1) is 29.6 Å². The highest BCUT2D eigenvalue weighted by molar-refractivity contribution is 7.19. The fourth-order valence-corrected chi connectivity index (χ4v) is 7.56. The molecule has 6 aromatic rings. The quantitative estimate of drug-likeness (QED) is 0.157. The van der Waals surface area contributed by atoms with E-state index in [9.17, 15) is 0 Å². The number of nitrogens with two attached hydrogens (primary N) is 2. The molecule has 0 amide bonds. The maximum atomic E-state index is 8.41. The lowest BCUT2D eigenvalue weighted by Crippen LogP contribution is -2.06. The van der Waals surface area contributed by atoms with Crippen LogP contribution in [0.1, 0.15) is 55.2 Å². The van der Waals surface area contributed by atoms with Gasteiger partial charge in [0.15, 0.2) is 0 Å². The van der Waals surface area contributed by atoms with E-state index < -0.39 is 0 Å². The number of nitriles is 1. The molecule has 0 saturated heterocycles. The molecule has 0 bridgehead atoms. The van der Waals surface area contributed by atoms with E-state index in [1.165, 1.54) is 72.9 Å². The lowest BCUT2D eigenvalue weighted by Gasteiger charge is -2.13. The Labute approximate surface area is 333 Å². The smallest absolute Gasteiger partial charge is 0.0991 e. The highest BCUT2D eigenvalue weighted by atomic mass is 32.1. The minimum atomic E-state index is 0.607. The van der Waals surface area contributed by atoms with Crippen LogP contribution in [0.3, 0.4) is 0 Å². The number of fused-ring (bicyclic) bond motifs is 3. The van der Waals surface area contributed by atoms with Crippen LogP contribution in [0.4, 0.5) is 0 Å². The summed E-state index contributed by atoms with van der Waals surface area (Å²) in [6.45, 7) is 11.3. The van der Waals surface area contributed by atoms with E-state index in [2.05, 4.69) is 153 Å². The summed E-state index contributed by atoms with van der Waals surface area (Å²) in [6, 6.07) is 44.7. The number of thiophene rings is 1. The highest BCUT2D eigenvalue weighted by Crippen LogP contribution is 2.41. The Kier molecular flexibility index (Phi) is 19.0. The van der Waals surface area contributed by atoms with E-state index in [1.807, 2.05) is 50.3 Å². The molecule has 2 aliphatic rings. The van der Waals surface area contributed by atoms with Gasteiger partial charge in [0.2, 0.25) is 0 Å². The zero-order valence-corrected chi connectivity index (χ0v) is 33.9. The molecule has 5 heteroatoms. The molecule has 1 aromatic heterocycles. The van der Waals surface area contributed by atoms with Gasteiger partial charge in [0.05, 0.1) is 11.6 Å². The lowest BCUT2D eigenvalue weighted by molar-refractivity contribution is 0.737. The Morgan fingerprint density at radius 2 is 1.33 bits per heavy atom. The summed E-state index contributed by atoms with van der Waals surface area (Å²) in [4.78, 5) is 1.48. The van der Waals surface area contributed by atoms with Crippen molar-refractivity contribution >= 4 is 33.7 Å². The first-order valence-corrected chi connectivity index (χ1v) is 19.8. The summed E-state index contributed by atoms with van der Waals surface area (Å²) in [5.74, 6) is 0.769. The van der Waals surface area contributed by atoms with Crippen molar-refractivity contribution < 1.29 is 0 Å². The molecule has 1 heterocycles. The van der Waals surface area contributed by atoms with Crippen LogP contribution in [0.2, 0.25) is 0 Å². The van der Waals surface area contributed by atoms with Crippen LogP contribution >= 0.6 is 11.3 Å². The zero-order valence-electron chi connectivity index (χ0n) is 33.1. The molecular formula is C50H56N4S. The van der Waals surface area contributed by atoms with Gasteiger partial charge in [-0.3, -0.25) is 0 Å². The minimum absolute atomic E-state index is 0.607. The Bertz CT molecular complexity index is 2200. The van der Waals surface area contributed by atoms with Crippen molar-refractivity contribution in [3.63, 3.8) is 0 Å². The highest BCUT2D eigenvalue weighted by Gasteiger charge is 2.18. The Morgan fingerprint density at radius 1 is 0.745 bits per heavy atom. The Morgan fingerprint density at radius 3 is 1.84 bits per heavy atom. The fraction of sp³-hybridized carbons (Fsp3) is 0.200. The standard InChI is InChI=1S/C31H25NS.C8H7N.C7H10.C2H6.CH5N.CH3N/c32-20-27-13-6-14-30-31(27)28-19-26(15-16-29(28)33-30)25-12-5-11-24(18-25)23-10-4-9-22(17-23)21-7-2-1-3-8-21;1-7-3-2-4-8(5-7)6-9;1-7-5-3-2-4-6-7;3*1-2/h1-5,7-13,15-19H,6,14,20,32H2;2-5H,1H3;2-5,7H,6H2,1H3;1-2H3;2H2,1H3;2H,1H2. The van der Waals surface area contributed by atoms with Gasteiger partial charge < -0.3 is 16.9 Å². The van der Waals surface area contributed by atoms with Gasteiger partial charge in [-0.05, 0) is 127 Å². The van der Waals surface area contributed by atoms with Crippen molar-refractivity contribution in [2.24, 2.45) is 17.4 Å². The summed E-state index contributed by atoms with van der Waals surface area (Å²) < 4.78 is 1.36. The number of benzene rings is 5. The second-order valence-corrected chi connectivity index (χ2v) is 13.8. The van der Waals surface area contributed by atoms with Gasteiger partial charge in [0, 0.05) is 27.1 Å². The fourth-order valence-electron chi connectivity index (χ4n) is 6.33. The van der Waals surface area contributed by atoms with E-state index >= 15 is 0 Å². The molecule has 5 N–H and O–H groups in total. The SMILES string of the molecule is C=N.CC.CC1C=CC=CC1.CN.Cc1cccc(C#N)c1.NCC1=CCCc2sc3ccc(-c4cccc(-c5cccc(-c6ccccc6)c5)c4)cc3c21. The largest absolute Gasteiger partial charge is 0.333 e. The number of nitrogens with zero attached hydrogens (tertiary/aromatic N) is 1. The van der Waals surface area contributed by atoms with Gasteiger partial charge in [-0.15, -0.1) is 11.3 Å². The number of nitrogens with one attached hydrogen (secondary N) is 1. The van der Waals surface area contributed by atoms with Gasteiger partial charge in [-0.1, -0.05) is 136 Å². The maximum absolute atomic E-state index is 8.41. The Balaban J connectivity index is 0.000000303. The van der Waals surface area contributed by atoms with Gasteiger partial charge in [-0.2, -0.15) is 5.26 Å². The second kappa shape index (κ2) is 23.9. The van der Waals surface area contributed by atoms with Crippen LogP contribution in [0.25, 0.3) is 49.0 Å². The molecule has 1 atom stereocenters. The number of aryl methyl sites for hydroxylation is 2.